The molecule has 0 aromatic rings. The number of carbonyl (C=O) groups is 1. The van der Waals surface area contributed by atoms with Crippen molar-refractivity contribution < 1.29 is 4.79 Å². The molecule has 0 radical (unpaired) electrons. The summed E-state index contributed by atoms with van der Waals surface area (Å²) in [6.45, 7) is 9.12. The first-order chi connectivity index (χ1) is 6.56. The molecule has 1 aliphatic heterocycles. The molecule has 0 spiro atoms. The van der Waals surface area contributed by atoms with E-state index in [-0.39, 0.29) is 5.91 Å². The van der Waals surface area contributed by atoms with Gasteiger partial charge in [0.2, 0.25) is 0 Å². The van der Waals surface area contributed by atoms with Crippen LogP contribution in [0.2, 0.25) is 0 Å². The molecular formula is C11H20N2O. The van der Waals surface area contributed by atoms with Crippen LogP contribution in [0.3, 0.4) is 0 Å². The van der Waals surface area contributed by atoms with Gasteiger partial charge in [-0.15, -0.1) is 0 Å². The van der Waals surface area contributed by atoms with Crippen LogP contribution in [0, 0.1) is 5.92 Å². The molecule has 0 aromatic heterocycles. The topological polar surface area (TPSA) is 41.1 Å². The SMILES string of the molecule is CCC1=C(NC(C)C)C(=O)NCC1C. The molecule has 3 heteroatoms. The van der Waals surface area contributed by atoms with Crippen molar-refractivity contribution in [2.24, 2.45) is 5.92 Å². The number of carbonyl (C=O) groups excluding carboxylic acids is 1. The highest BCUT2D eigenvalue weighted by Gasteiger charge is 2.24. The molecule has 1 unspecified atom stereocenters. The largest absolute Gasteiger partial charge is 0.378 e. The second-order valence-corrected chi connectivity index (χ2v) is 4.16. The van der Waals surface area contributed by atoms with Gasteiger partial charge >= 0.3 is 0 Å². The van der Waals surface area contributed by atoms with Gasteiger partial charge in [-0.2, -0.15) is 0 Å². The summed E-state index contributed by atoms with van der Waals surface area (Å²) in [5, 5.41) is 6.12. The zero-order chi connectivity index (χ0) is 10.7. The molecule has 1 rings (SSSR count). The van der Waals surface area contributed by atoms with Crippen LogP contribution in [0.5, 0.6) is 0 Å². The zero-order valence-electron chi connectivity index (χ0n) is 9.48. The second kappa shape index (κ2) is 4.49. The predicted octanol–water partition coefficient (Wildman–Crippen LogP) is 1.41. The fourth-order valence-electron chi connectivity index (χ4n) is 1.82. The molecule has 3 nitrogen and oxygen atoms in total. The van der Waals surface area contributed by atoms with Gasteiger partial charge in [-0.05, 0) is 31.8 Å². The van der Waals surface area contributed by atoms with Gasteiger partial charge in [0.15, 0.2) is 0 Å². The summed E-state index contributed by atoms with van der Waals surface area (Å²) in [4.78, 5) is 11.6. The Balaban J connectivity index is 2.94. The molecule has 0 fully saturated rings. The lowest BCUT2D eigenvalue weighted by molar-refractivity contribution is -0.118. The lowest BCUT2D eigenvalue weighted by Crippen LogP contribution is -2.43. The summed E-state index contributed by atoms with van der Waals surface area (Å²) >= 11 is 0. The van der Waals surface area contributed by atoms with Gasteiger partial charge in [0.1, 0.15) is 0 Å². The second-order valence-electron chi connectivity index (χ2n) is 4.16. The lowest BCUT2D eigenvalue weighted by Gasteiger charge is -2.27. The summed E-state index contributed by atoms with van der Waals surface area (Å²) in [5.41, 5.74) is 2.05. The molecule has 0 bridgehead atoms. The van der Waals surface area contributed by atoms with Crippen LogP contribution in [0.25, 0.3) is 0 Å². The van der Waals surface area contributed by atoms with E-state index in [0.717, 1.165) is 18.7 Å². The van der Waals surface area contributed by atoms with Crippen LogP contribution >= 0.6 is 0 Å². The summed E-state index contributed by atoms with van der Waals surface area (Å²) in [6, 6.07) is 0.308. The van der Waals surface area contributed by atoms with E-state index in [2.05, 4.69) is 24.5 Å². The van der Waals surface area contributed by atoms with Crippen molar-refractivity contribution in [2.45, 2.75) is 40.2 Å². The molecule has 1 amide bonds. The van der Waals surface area contributed by atoms with Crippen molar-refractivity contribution in [2.75, 3.05) is 6.54 Å². The molecule has 1 atom stereocenters. The van der Waals surface area contributed by atoms with E-state index in [0.29, 0.717) is 12.0 Å². The van der Waals surface area contributed by atoms with Gasteiger partial charge in [0.25, 0.3) is 5.91 Å². The molecule has 1 aliphatic rings. The average Bonchev–Trinajstić information content (AvgIpc) is 2.11. The Labute approximate surface area is 86.0 Å². The molecule has 2 N–H and O–H groups in total. The monoisotopic (exact) mass is 196 g/mol. The smallest absolute Gasteiger partial charge is 0.267 e. The van der Waals surface area contributed by atoms with E-state index in [1.807, 2.05) is 13.8 Å². The van der Waals surface area contributed by atoms with Crippen molar-refractivity contribution >= 4 is 5.91 Å². The number of rotatable bonds is 3. The lowest BCUT2D eigenvalue weighted by atomic mass is 9.93. The Bertz CT molecular complexity index is 256. The highest BCUT2D eigenvalue weighted by atomic mass is 16.2. The molecule has 0 saturated carbocycles. The molecular weight excluding hydrogens is 176 g/mol. The van der Waals surface area contributed by atoms with Gasteiger partial charge in [-0.25, -0.2) is 0 Å². The van der Waals surface area contributed by atoms with Crippen LogP contribution in [0.1, 0.15) is 34.1 Å². The Morgan fingerprint density at radius 3 is 2.71 bits per heavy atom. The van der Waals surface area contributed by atoms with E-state index in [4.69, 9.17) is 0 Å². The molecule has 80 valence electrons. The highest BCUT2D eigenvalue weighted by molar-refractivity contribution is 5.94. The van der Waals surface area contributed by atoms with Gasteiger partial charge in [-0.3, -0.25) is 4.79 Å². The van der Waals surface area contributed by atoms with Crippen molar-refractivity contribution in [3.8, 4) is 0 Å². The number of hydrogen-bond donors (Lipinski definition) is 2. The minimum Gasteiger partial charge on any atom is -0.378 e. The van der Waals surface area contributed by atoms with E-state index in [9.17, 15) is 4.79 Å². The first kappa shape index (κ1) is 11.1. The maximum absolute atomic E-state index is 11.6. The van der Waals surface area contributed by atoms with Crippen molar-refractivity contribution in [1.29, 1.82) is 0 Å². The van der Waals surface area contributed by atoms with Gasteiger partial charge in [0.05, 0.1) is 5.70 Å². The molecule has 0 saturated heterocycles. The van der Waals surface area contributed by atoms with Crippen LogP contribution in [0.4, 0.5) is 0 Å². The van der Waals surface area contributed by atoms with Crippen molar-refractivity contribution in [3.63, 3.8) is 0 Å². The Kier molecular flexibility index (Phi) is 3.55. The zero-order valence-corrected chi connectivity index (χ0v) is 9.48. The van der Waals surface area contributed by atoms with E-state index < -0.39 is 0 Å². The molecule has 0 aliphatic carbocycles. The molecule has 1 heterocycles. The van der Waals surface area contributed by atoms with Crippen LogP contribution in [-0.2, 0) is 4.79 Å². The third-order valence-corrected chi connectivity index (χ3v) is 2.53. The molecule has 14 heavy (non-hydrogen) atoms. The first-order valence-corrected chi connectivity index (χ1v) is 5.34. The van der Waals surface area contributed by atoms with Crippen LogP contribution in [-0.4, -0.2) is 18.5 Å². The minimum atomic E-state index is 0.0497. The fourth-order valence-corrected chi connectivity index (χ4v) is 1.82. The Hall–Kier alpha value is -0.990. The number of nitrogens with one attached hydrogen (secondary N) is 2. The van der Waals surface area contributed by atoms with Gasteiger partial charge < -0.3 is 10.6 Å². The van der Waals surface area contributed by atoms with E-state index in [1.165, 1.54) is 5.57 Å². The fraction of sp³-hybridized carbons (Fsp3) is 0.727. The quantitative estimate of drug-likeness (QED) is 0.716. The van der Waals surface area contributed by atoms with Gasteiger partial charge in [-0.1, -0.05) is 13.8 Å². The van der Waals surface area contributed by atoms with E-state index in [1.54, 1.807) is 0 Å². The van der Waals surface area contributed by atoms with E-state index >= 15 is 0 Å². The number of amides is 1. The average molecular weight is 196 g/mol. The summed E-state index contributed by atoms with van der Waals surface area (Å²) in [7, 11) is 0. The third-order valence-electron chi connectivity index (χ3n) is 2.53. The summed E-state index contributed by atoms with van der Waals surface area (Å²) in [5.74, 6) is 0.507. The minimum absolute atomic E-state index is 0.0497. The van der Waals surface area contributed by atoms with Crippen LogP contribution < -0.4 is 10.6 Å². The normalized spacial score (nSPS) is 22.6. The Morgan fingerprint density at radius 1 is 1.57 bits per heavy atom. The third kappa shape index (κ3) is 2.28. The summed E-state index contributed by atoms with van der Waals surface area (Å²) in [6.07, 6.45) is 0.948. The van der Waals surface area contributed by atoms with Crippen molar-refractivity contribution in [1.82, 2.24) is 10.6 Å². The Morgan fingerprint density at radius 2 is 2.21 bits per heavy atom. The highest BCUT2D eigenvalue weighted by Crippen LogP contribution is 2.21. The maximum atomic E-state index is 11.6. The summed E-state index contributed by atoms with van der Waals surface area (Å²) < 4.78 is 0. The van der Waals surface area contributed by atoms with Crippen molar-refractivity contribution in [3.05, 3.63) is 11.3 Å². The van der Waals surface area contributed by atoms with Gasteiger partial charge in [0, 0.05) is 12.6 Å². The first-order valence-electron chi connectivity index (χ1n) is 5.34. The maximum Gasteiger partial charge on any atom is 0.267 e. The van der Waals surface area contributed by atoms with Crippen LogP contribution in [0.15, 0.2) is 11.3 Å². The number of hydrogen-bond acceptors (Lipinski definition) is 2. The standard InChI is InChI=1S/C11H20N2O/c1-5-9-8(4)6-12-11(14)10(9)13-7(2)3/h7-8,13H,5-6H2,1-4H3,(H,12,14). The predicted molar refractivity (Wildman–Crippen MR) is 57.8 cm³/mol. The molecule has 0 aromatic carbocycles.